The number of hydrogen-bond donors (Lipinski definition) is 4. The molecule has 0 aliphatic heterocycles. The van der Waals surface area contributed by atoms with Gasteiger partial charge in [0.15, 0.2) is 5.69 Å². The van der Waals surface area contributed by atoms with E-state index < -0.39 is 36.3 Å². The lowest BCUT2D eigenvalue weighted by atomic mass is 10.0. The molecule has 0 aliphatic rings. The summed E-state index contributed by atoms with van der Waals surface area (Å²) in [7, 11) is 0. The number of carbonyl (C=O) groups excluding carboxylic acids is 4. The number of nitrogen functional groups attached to an aromatic ring is 1. The number of nitrogens with zero attached hydrogens (tertiary/aromatic N) is 2. The average Bonchev–Trinajstić information content (AvgIpc) is 3.47. The maximum atomic E-state index is 13.7. The van der Waals surface area contributed by atoms with Crippen LogP contribution in [0.5, 0.6) is 5.75 Å². The molecule has 1 aromatic carbocycles. The van der Waals surface area contributed by atoms with Gasteiger partial charge in [-0.1, -0.05) is 12.1 Å². The number of nitrogens with one attached hydrogen (secondary N) is 1. The number of carbonyl (C=O) groups is 4. The Morgan fingerprint density at radius 3 is 2.51 bits per heavy atom. The first kappa shape index (κ1) is 25.2. The van der Waals surface area contributed by atoms with Crippen LogP contribution in [-0.2, 0) is 20.9 Å². The number of benzene rings is 1. The average molecular weight is 502 g/mol. The van der Waals surface area contributed by atoms with E-state index in [-0.39, 0.29) is 35.2 Å². The summed E-state index contributed by atoms with van der Waals surface area (Å²) in [6.07, 6.45) is 1.40. The summed E-state index contributed by atoms with van der Waals surface area (Å²) in [6, 6.07) is 7.54. The van der Waals surface area contributed by atoms with Gasteiger partial charge in [-0.05, 0) is 48.3 Å². The number of anilines is 1. The number of primary amides is 1. The second-order valence-electron chi connectivity index (χ2n) is 7.17. The highest BCUT2D eigenvalue weighted by Gasteiger charge is 2.35. The maximum absolute atomic E-state index is 13.7. The Bertz CT molecular complexity index is 1210. The minimum Gasteiger partial charge on any atom is -0.508 e. The number of ether oxygens (including phenoxy) is 1. The summed E-state index contributed by atoms with van der Waals surface area (Å²) in [5.41, 5.74) is 11.1. The zero-order valence-electron chi connectivity index (χ0n) is 18.6. The minimum absolute atomic E-state index is 0.0545. The number of phenolic OH excluding ortho intramolecular Hbond substituents is 1. The van der Waals surface area contributed by atoms with Crippen molar-refractivity contribution < 1.29 is 33.4 Å². The normalized spacial score (nSPS) is 11.5. The van der Waals surface area contributed by atoms with E-state index in [0.29, 0.717) is 22.9 Å². The molecule has 3 aromatic rings. The fourth-order valence-corrected chi connectivity index (χ4v) is 3.97. The van der Waals surface area contributed by atoms with Gasteiger partial charge < -0.3 is 35.9 Å². The molecule has 0 bridgehead atoms. The fraction of sp³-hybridized carbons (Fsp3) is 0.227. The molecule has 3 rings (SSSR count). The minimum atomic E-state index is -1.29. The Labute approximate surface area is 203 Å². The fourth-order valence-electron chi connectivity index (χ4n) is 3.21. The quantitative estimate of drug-likeness (QED) is 0.295. The Kier molecular flexibility index (Phi) is 8.04. The van der Waals surface area contributed by atoms with Crippen LogP contribution in [0.15, 0.2) is 47.1 Å². The zero-order chi connectivity index (χ0) is 25.5. The van der Waals surface area contributed by atoms with Crippen molar-refractivity contribution in [3.8, 4) is 5.75 Å². The lowest BCUT2D eigenvalue weighted by Crippen LogP contribution is -2.44. The van der Waals surface area contributed by atoms with Crippen molar-refractivity contribution in [2.45, 2.75) is 19.5 Å². The summed E-state index contributed by atoms with van der Waals surface area (Å²) in [6.45, 7) is 1.15. The number of hydrogen-bond acceptors (Lipinski definition) is 10. The summed E-state index contributed by atoms with van der Waals surface area (Å²) < 4.78 is 14.1. The lowest BCUT2D eigenvalue weighted by molar-refractivity contribution is -0.144. The summed E-state index contributed by atoms with van der Waals surface area (Å²) in [4.78, 5) is 51.4. The van der Waals surface area contributed by atoms with Crippen molar-refractivity contribution in [2.24, 2.45) is 5.73 Å². The molecule has 0 fully saturated rings. The standard InChI is InChI=1S/C22H23N5O7S/c1-2-33-15(29)10-25-21(31)18(12-5-7-13(28)8-6-12)27(11-14-4-3-9-34-14)22(32)19-16(23)17(20(24)30)26-35-19/h3-9,18,28H,2,10-11,23H2,1H3,(H2,24,30)(H,25,31). The smallest absolute Gasteiger partial charge is 0.325 e. The molecule has 2 aromatic heterocycles. The van der Waals surface area contributed by atoms with E-state index in [4.69, 9.17) is 20.6 Å². The van der Waals surface area contributed by atoms with Gasteiger partial charge in [-0.3, -0.25) is 19.2 Å². The Morgan fingerprint density at radius 1 is 1.23 bits per heavy atom. The third-order valence-corrected chi connectivity index (χ3v) is 5.65. The van der Waals surface area contributed by atoms with Crippen LogP contribution in [-0.4, -0.2) is 51.2 Å². The van der Waals surface area contributed by atoms with Crippen molar-refractivity contribution in [2.75, 3.05) is 18.9 Å². The Morgan fingerprint density at radius 2 is 1.94 bits per heavy atom. The van der Waals surface area contributed by atoms with Gasteiger partial charge in [-0.15, -0.1) is 0 Å². The number of amides is 3. The van der Waals surface area contributed by atoms with Crippen LogP contribution in [0.2, 0.25) is 0 Å². The lowest BCUT2D eigenvalue weighted by Gasteiger charge is -2.30. The van der Waals surface area contributed by atoms with E-state index >= 15 is 0 Å². The van der Waals surface area contributed by atoms with Crippen LogP contribution in [0, 0.1) is 0 Å². The number of rotatable bonds is 10. The molecule has 12 nitrogen and oxygen atoms in total. The van der Waals surface area contributed by atoms with E-state index in [1.807, 2.05) is 0 Å². The highest BCUT2D eigenvalue weighted by Crippen LogP contribution is 2.31. The van der Waals surface area contributed by atoms with Crippen LogP contribution in [0.25, 0.3) is 0 Å². The first-order valence-electron chi connectivity index (χ1n) is 10.3. The van der Waals surface area contributed by atoms with E-state index in [1.54, 1.807) is 19.1 Å². The SMILES string of the molecule is CCOC(=O)CNC(=O)C(c1ccc(O)cc1)N(Cc1ccco1)C(=O)c1snc(C(N)=O)c1N. The monoisotopic (exact) mass is 501 g/mol. The van der Waals surface area contributed by atoms with Crippen LogP contribution in [0.4, 0.5) is 5.69 Å². The number of phenols is 1. The molecule has 13 heteroatoms. The van der Waals surface area contributed by atoms with Crippen molar-refractivity contribution in [3.63, 3.8) is 0 Å². The molecule has 3 amide bonds. The van der Waals surface area contributed by atoms with Gasteiger partial charge in [-0.25, -0.2) is 0 Å². The number of aromatic nitrogens is 1. The van der Waals surface area contributed by atoms with E-state index in [9.17, 15) is 24.3 Å². The molecule has 184 valence electrons. The molecule has 6 N–H and O–H groups in total. The highest BCUT2D eigenvalue weighted by molar-refractivity contribution is 7.09. The molecule has 0 spiro atoms. The van der Waals surface area contributed by atoms with Crippen molar-refractivity contribution in [1.29, 1.82) is 0 Å². The first-order chi connectivity index (χ1) is 16.7. The molecule has 35 heavy (non-hydrogen) atoms. The second-order valence-corrected chi connectivity index (χ2v) is 7.94. The van der Waals surface area contributed by atoms with Gasteiger partial charge in [0.1, 0.15) is 29.0 Å². The molecule has 1 atom stereocenters. The largest absolute Gasteiger partial charge is 0.508 e. The first-order valence-corrected chi connectivity index (χ1v) is 11.1. The highest BCUT2D eigenvalue weighted by atomic mass is 32.1. The number of nitrogens with two attached hydrogens (primary N) is 2. The zero-order valence-corrected chi connectivity index (χ0v) is 19.4. The molecule has 1 unspecified atom stereocenters. The summed E-state index contributed by atoms with van der Waals surface area (Å²) >= 11 is 0.662. The molecule has 2 heterocycles. The van der Waals surface area contributed by atoms with Gasteiger partial charge in [0, 0.05) is 0 Å². The van der Waals surface area contributed by atoms with E-state index in [1.165, 1.54) is 30.5 Å². The summed E-state index contributed by atoms with van der Waals surface area (Å²) in [5, 5.41) is 12.2. The number of furan rings is 1. The van der Waals surface area contributed by atoms with Gasteiger partial charge >= 0.3 is 5.97 Å². The third kappa shape index (κ3) is 5.95. The van der Waals surface area contributed by atoms with Gasteiger partial charge in [-0.2, -0.15) is 4.37 Å². The van der Waals surface area contributed by atoms with Gasteiger partial charge in [0.2, 0.25) is 5.91 Å². The predicted molar refractivity (Wildman–Crippen MR) is 124 cm³/mol. The Hall–Kier alpha value is -4.39. The number of aromatic hydroxyl groups is 1. The summed E-state index contributed by atoms with van der Waals surface area (Å²) in [5.74, 6) is -2.71. The molecule has 0 radical (unpaired) electrons. The number of esters is 1. The van der Waals surface area contributed by atoms with Crippen LogP contribution in [0.3, 0.4) is 0 Å². The predicted octanol–water partition coefficient (Wildman–Crippen LogP) is 1.19. The molecule has 0 saturated heterocycles. The van der Waals surface area contributed by atoms with Crippen LogP contribution in [0.1, 0.15) is 44.4 Å². The molecule has 0 saturated carbocycles. The van der Waals surface area contributed by atoms with Crippen LogP contribution >= 0.6 is 11.5 Å². The molecular formula is C22H23N5O7S. The van der Waals surface area contributed by atoms with Crippen molar-refractivity contribution >= 4 is 40.9 Å². The van der Waals surface area contributed by atoms with Gasteiger partial charge in [0.25, 0.3) is 11.8 Å². The van der Waals surface area contributed by atoms with Crippen molar-refractivity contribution in [1.82, 2.24) is 14.6 Å². The van der Waals surface area contributed by atoms with Crippen molar-refractivity contribution in [3.05, 3.63) is 64.6 Å². The third-order valence-electron chi connectivity index (χ3n) is 4.80. The van der Waals surface area contributed by atoms with Gasteiger partial charge in [0.05, 0.1) is 25.1 Å². The van der Waals surface area contributed by atoms with E-state index in [2.05, 4.69) is 9.69 Å². The second kappa shape index (κ2) is 11.2. The van der Waals surface area contributed by atoms with E-state index in [0.717, 1.165) is 4.90 Å². The molecule has 0 aliphatic carbocycles. The molecular weight excluding hydrogens is 478 g/mol. The topological polar surface area (TPSA) is 191 Å². The Balaban J connectivity index is 2.05. The maximum Gasteiger partial charge on any atom is 0.325 e. The van der Waals surface area contributed by atoms with Crippen LogP contribution < -0.4 is 16.8 Å².